The summed E-state index contributed by atoms with van der Waals surface area (Å²) in [7, 11) is 1.71. The highest BCUT2D eigenvalue weighted by Gasteiger charge is 2.71. The molecule has 8 heteroatoms. The zero-order chi connectivity index (χ0) is 24.6. The standard InChI is InChI=1S/C27H33Cl2FN2O3/c1-35-14-25-11-27(12-25,13-25)24(34)31-17-8-16(9-17)23(33)32-22(26-6-4-15(10-26)5-7-26)20-19(30)3-2-18(28)21(20)29/h2-3,15-17,22H,4-14H2,1H3,(H,31,34)(H,32,33)/t15?,16?,17?,22-,25?,26?,27?/m1/s1. The number of benzene rings is 1. The zero-order valence-corrected chi connectivity index (χ0v) is 21.6. The summed E-state index contributed by atoms with van der Waals surface area (Å²) in [6, 6.07) is 2.35. The van der Waals surface area contributed by atoms with Gasteiger partial charge in [0.1, 0.15) is 5.82 Å². The molecule has 1 aromatic rings. The number of carbonyl (C=O) groups is 2. The van der Waals surface area contributed by atoms with Crippen LogP contribution >= 0.6 is 23.2 Å². The number of rotatable bonds is 8. The second kappa shape index (κ2) is 8.32. The van der Waals surface area contributed by atoms with E-state index in [2.05, 4.69) is 10.6 Å². The van der Waals surface area contributed by atoms with Gasteiger partial charge in [-0.2, -0.15) is 0 Å². The summed E-state index contributed by atoms with van der Waals surface area (Å²) >= 11 is 12.8. The van der Waals surface area contributed by atoms with Crippen LogP contribution < -0.4 is 10.6 Å². The van der Waals surface area contributed by atoms with Crippen LogP contribution in [0.5, 0.6) is 0 Å². The maximum atomic E-state index is 15.1. The van der Waals surface area contributed by atoms with Crippen molar-refractivity contribution in [2.24, 2.45) is 28.1 Å². The van der Waals surface area contributed by atoms with Crippen molar-refractivity contribution in [1.82, 2.24) is 10.6 Å². The number of hydrogen-bond acceptors (Lipinski definition) is 3. The first-order valence-electron chi connectivity index (χ1n) is 12.9. The minimum atomic E-state index is -0.486. The van der Waals surface area contributed by atoms with E-state index in [4.69, 9.17) is 27.9 Å². The average Bonchev–Trinajstić information content (AvgIpc) is 3.36. The van der Waals surface area contributed by atoms with Gasteiger partial charge in [-0.3, -0.25) is 9.59 Å². The molecule has 2 N–H and O–H groups in total. The van der Waals surface area contributed by atoms with Gasteiger partial charge in [0, 0.05) is 24.6 Å². The molecular weight excluding hydrogens is 490 g/mol. The minimum absolute atomic E-state index is 0.0242. The second-order valence-electron chi connectivity index (χ2n) is 12.3. The molecule has 0 unspecified atom stereocenters. The Kier molecular flexibility index (Phi) is 5.71. The summed E-state index contributed by atoms with van der Waals surface area (Å²) in [5, 5.41) is 6.89. The average molecular weight is 523 g/mol. The Bertz CT molecular complexity index is 1040. The summed E-state index contributed by atoms with van der Waals surface area (Å²) in [4.78, 5) is 26.1. The second-order valence-corrected chi connectivity index (χ2v) is 13.1. The van der Waals surface area contributed by atoms with E-state index in [-0.39, 0.29) is 45.0 Å². The maximum absolute atomic E-state index is 15.1. The van der Waals surface area contributed by atoms with Gasteiger partial charge in [0.05, 0.1) is 28.1 Å². The van der Waals surface area contributed by atoms with E-state index < -0.39 is 11.9 Å². The predicted molar refractivity (Wildman–Crippen MR) is 132 cm³/mol. The van der Waals surface area contributed by atoms with Crippen molar-refractivity contribution >= 4 is 35.0 Å². The van der Waals surface area contributed by atoms with Crippen LogP contribution in [0.3, 0.4) is 0 Å². The van der Waals surface area contributed by atoms with Gasteiger partial charge in [-0.25, -0.2) is 4.39 Å². The molecule has 0 aliphatic heterocycles. The van der Waals surface area contributed by atoms with Gasteiger partial charge >= 0.3 is 0 Å². The first kappa shape index (κ1) is 24.0. The van der Waals surface area contributed by atoms with Crippen molar-refractivity contribution in [2.45, 2.75) is 76.3 Å². The van der Waals surface area contributed by atoms with Crippen LogP contribution in [0.1, 0.15) is 75.8 Å². The van der Waals surface area contributed by atoms with Crippen LogP contribution in [0.2, 0.25) is 10.0 Å². The summed E-state index contributed by atoms with van der Waals surface area (Å²) in [6.45, 7) is 0.731. The SMILES string of the molecule is COCC12CC(C(=O)NC3CC(C(=O)N[C@H](c4c(F)ccc(Cl)c4Cl)C45CCC(CC4)C5)C3)(C1)C2. The Morgan fingerprint density at radius 2 is 1.86 bits per heavy atom. The molecule has 0 heterocycles. The number of nitrogens with one attached hydrogen (secondary N) is 2. The van der Waals surface area contributed by atoms with Crippen LogP contribution in [-0.2, 0) is 14.3 Å². The van der Waals surface area contributed by atoms with Crippen LogP contribution in [0.15, 0.2) is 12.1 Å². The molecule has 6 aliphatic carbocycles. The minimum Gasteiger partial charge on any atom is -0.384 e. The largest absolute Gasteiger partial charge is 0.384 e. The molecule has 4 bridgehead atoms. The number of methoxy groups -OCH3 is 1. The quantitative estimate of drug-likeness (QED) is 0.437. The predicted octanol–water partition coefficient (Wildman–Crippen LogP) is 5.58. The Morgan fingerprint density at radius 1 is 1.17 bits per heavy atom. The molecule has 1 atom stereocenters. The fraction of sp³-hybridized carbons (Fsp3) is 0.704. The smallest absolute Gasteiger partial charge is 0.226 e. The van der Waals surface area contributed by atoms with Crippen LogP contribution in [0.25, 0.3) is 0 Å². The van der Waals surface area contributed by atoms with E-state index in [1.165, 1.54) is 12.1 Å². The molecule has 0 spiro atoms. The molecule has 190 valence electrons. The van der Waals surface area contributed by atoms with Crippen molar-refractivity contribution in [2.75, 3.05) is 13.7 Å². The maximum Gasteiger partial charge on any atom is 0.226 e. The van der Waals surface area contributed by atoms with Crippen LogP contribution in [-0.4, -0.2) is 31.6 Å². The van der Waals surface area contributed by atoms with Crippen LogP contribution in [0.4, 0.5) is 4.39 Å². The fourth-order valence-electron chi connectivity index (χ4n) is 8.23. The third kappa shape index (κ3) is 3.73. The third-order valence-corrected chi connectivity index (χ3v) is 10.8. The van der Waals surface area contributed by atoms with E-state index in [0.717, 1.165) is 58.0 Å². The Labute approximate surface area is 215 Å². The van der Waals surface area contributed by atoms with Crippen molar-refractivity contribution in [1.29, 1.82) is 0 Å². The van der Waals surface area contributed by atoms with E-state index in [0.29, 0.717) is 29.3 Å². The van der Waals surface area contributed by atoms with Crippen molar-refractivity contribution < 1.29 is 18.7 Å². The van der Waals surface area contributed by atoms with Gasteiger partial charge in [0.2, 0.25) is 11.8 Å². The highest BCUT2D eigenvalue weighted by atomic mass is 35.5. The highest BCUT2D eigenvalue weighted by molar-refractivity contribution is 6.42. The molecule has 7 rings (SSSR count). The highest BCUT2D eigenvalue weighted by Crippen LogP contribution is 2.73. The molecule has 6 saturated carbocycles. The van der Waals surface area contributed by atoms with Gasteiger partial charge in [-0.05, 0) is 93.1 Å². The normalized spacial score (nSPS) is 39.3. The molecule has 0 radical (unpaired) electrons. The zero-order valence-electron chi connectivity index (χ0n) is 20.1. The summed E-state index contributed by atoms with van der Waals surface area (Å²) in [6.07, 6.45) is 9.08. The van der Waals surface area contributed by atoms with Crippen LogP contribution in [0, 0.1) is 33.9 Å². The molecule has 35 heavy (non-hydrogen) atoms. The first-order valence-corrected chi connectivity index (χ1v) is 13.7. The number of hydrogen-bond donors (Lipinski definition) is 2. The third-order valence-electron chi connectivity index (χ3n) is 9.98. The Morgan fingerprint density at radius 3 is 2.46 bits per heavy atom. The van der Waals surface area contributed by atoms with E-state index in [1.807, 2.05) is 0 Å². The molecule has 0 saturated heterocycles. The van der Waals surface area contributed by atoms with Crippen molar-refractivity contribution in [3.63, 3.8) is 0 Å². The summed E-state index contributed by atoms with van der Waals surface area (Å²) < 4.78 is 20.4. The molecule has 5 nitrogen and oxygen atoms in total. The Balaban J connectivity index is 1.10. The van der Waals surface area contributed by atoms with Gasteiger partial charge in [-0.1, -0.05) is 23.2 Å². The van der Waals surface area contributed by atoms with Crippen molar-refractivity contribution in [3.8, 4) is 0 Å². The number of ether oxygens (including phenoxy) is 1. The lowest BCUT2D eigenvalue weighted by molar-refractivity contribution is -0.224. The summed E-state index contributed by atoms with van der Waals surface area (Å²) in [5.74, 6) is 0.0838. The van der Waals surface area contributed by atoms with Gasteiger partial charge in [0.15, 0.2) is 0 Å². The molecule has 1 aromatic carbocycles. The lowest BCUT2D eigenvalue weighted by atomic mass is 9.35. The first-order chi connectivity index (χ1) is 16.7. The Hall–Kier alpha value is -1.37. The number of amides is 2. The number of fused-ring (bicyclic) bond motifs is 2. The lowest BCUT2D eigenvalue weighted by Crippen LogP contribution is -2.70. The van der Waals surface area contributed by atoms with Gasteiger partial charge in [0.25, 0.3) is 0 Å². The van der Waals surface area contributed by atoms with E-state index in [9.17, 15) is 9.59 Å². The van der Waals surface area contributed by atoms with E-state index >= 15 is 4.39 Å². The molecule has 2 amide bonds. The van der Waals surface area contributed by atoms with E-state index in [1.54, 1.807) is 7.11 Å². The molecule has 6 aliphatic rings. The number of halogens is 3. The van der Waals surface area contributed by atoms with Gasteiger partial charge < -0.3 is 15.4 Å². The number of carbonyl (C=O) groups excluding carboxylic acids is 2. The molecular formula is C27H33Cl2FN2O3. The van der Waals surface area contributed by atoms with Gasteiger partial charge in [-0.15, -0.1) is 0 Å². The monoisotopic (exact) mass is 522 g/mol. The topological polar surface area (TPSA) is 67.4 Å². The molecule has 0 aromatic heterocycles. The molecule has 6 fully saturated rings. The lowest BCUT2D eigenvalue weighted by Gasteiger charge is -2.69. The summed E-state index contributed by atoms with van der Waals surface area (Å²) in [5.41, 5.74) is 0.167. The van der Waals surface area contributed by atoms with Crippen molar-refractivity contribution in [3.05, 3.63) is 33.6 Å². The fourth-order valence-corrected chi connectivity index (χ4v) is 8.65.